The fourth-order valence-electron chi connectivity index (χ4n) is 1.63. The Morgan fingerprint density at radius 3 is 2.57 bits per heavy atom. The minimum absolute atomic E-state index is 0.0487. The number of thioether (sulfide) groups is 1. The summed E-state index contributed by atoms with van der Waals surface area (Å²) < 4.78 is 0. The number of amides is 2. The summed E-state index contributed by atoms with van der Waals surface area (Å²) in [7, 11) is 1.71. The highest BCUT2D eigenvalue weighted by atomic mass is 32.2. The van der Waals surface area contributed by atoms with Crippen molar-refractivity contribution in [2.24, 2.45) is 0 Å². The number of hydrogen-bond acceptors (Lipinski definition) is 4. The molecule has 2 amide bonds. The second-order valence-electron chi connectivity index (χ2n) is 4.53. The first-order valence-electron chi connectivity index (χ1n) is 6.64. The topological polar surface area (TPSA) is 73.2 Å². The Morgan fingerprint density at radius 2 is 2.00 bits per heavy atom. The van der Waals surface area contributed by atoms with Crippen LogP contribution in [0.15, 0.2) is 29.2 Å². The number of nitrogens with zero attached hydrogens (tertiary/aromatic N) is 2. The van der Waals surface area contributed by atoms with E-state index in [0.29, 0.717) is 25.1 Å². The van der Waals surface area contributed by atoms with Gasteiger partial charge in [0.05, 0.1) is 12.5 Å². The Hall–Kier alpha value is -2.00. The molecule has 112 valence electrons. The fourth-order valence-corrected chi connectivity index (χ4v) is 2.47. The molecule has 0 spiro atoms. The Labute approximate surface area is 129 Å². The molecule has 0 atom stereocenters. The second kappa shape index (κ2) is 9.03. The van der Waals surface area contributed by atoms with Crippen molar-refractivity contribution in [3.8, 4) is 6.07 Å². The average molecular weight is 305 g/mol. The van der Waals surface area contributed by atoms with E-state index in [-0.39, 0.29) is 11.8 Å². The van der Waals surface area contributed by atoms with Crippen LogP contribution in [0.2, 0.25) is 0 Å². The van der Waals surface area contributed by atoms with Gasteiger partial charge in [-0.25, -0.2) is 0 Å². The molecule has 0 unspecified atom stereocenters. The molecule has 5 nitrogen and oxygen atoms in total. The zero-order valence-electron chi connectivity index (χ0n) is 12.3. The van der Waals surface area contributed by atoms with Gasteiger partial charge in [-0.1, -0.05) is 0 Å². The van der Waals surface area contributed by atoms with Gasteiger partial charge in [-0.05, 0) is 24.3 Å². The normalized spacial score (nSPS) is 9.76. The molecule has 0 saturated carbocycles. The van der Waals surface area contributed by atoms with Gasteiger partial charge in [-0.2, -0.15) is 5.26 Å². The Bertz CT molecular complexity index is 523. The highest BCUT2D eigenvalue weighted by Crippen LogP contribution is 2.21. The number of nitriles is 1. The molecule has 0 fully saturated rings. The third kappa shape index (κ3) is 6.82. The molecule has 0 heterocycles. The smallest absolute Gasteiger partial charge is 0.223 e. The van der Waals surface area contributed by atoms with Crippen molar-refractivity contribution in [3.05, 3.63) is 24.3 Å². The third-order valence-electron chi connectivity index (χ3n) is 2.74. The summed E-state index contributed by atoms with van der Waals surface area (Å²) in [6, 6.07) is 9.53. The van der Waals surface area contributed by atoms with Crippen LogP contribution in [0.1, 0.15) is 19.8 Å². The van der Waals surface area contributed by atoms with Gasteiger partial charge >= 0.3 is 0 Å². The molecule has 0 aliphatic heterocycles. The van der Waals surface area contributed by atoms with Crippen LogP contribution in [-0.4, -0.2) is 36.1 Å². The van der Waals surface area contributed by atoms with E-state index in [4.69, 9.17) is 5.26 Å². The number of anilines is 1. The third-order valence-corrected chi connectivity index (χ3v) is 3.76. The first-order chi connectivity index (χ1) is 10.0. The van der Waals surface area contributed by atoms with Crippen LogP contribution >= 0.6 is 11.8 Å². The maximum absolute atomic E-state index is 11.8. The predicted molar refractivity (Wildman–Crippen MR) is 84.0 cm³/mol. The molecular formula is C15H19N3O2S. The summed E-state index contributed by atoms with van der Waals surface area (Å²) in [5.74, 6) is 0.642. The molecule has 21 heavy (non-hydrogen) atoms. The van der Waals surface area contributed by atoms with E-state index < -0.39 is 0 Å². The molecule has 0 aromatic heterocycles. The van der Waals surface area contributed by atoms with Crippen molar-refractivity contribution in [3.63, 3.8) is 0 Å². The maximum Gasteiger partial charge on any atom is 0.223 e. The zero-order chi connectivity index (χ0) is 15.7. The lowest BCUT2D eigenvalue weighted by molar-refractivity contribution is -0.129. The van der Waals surface area contributed by atoms with Crippen molar-refractivity contribution in [2.75, 3.05) is 24.7 Å². The maximum atomic E-state index is 11.8. The molecule has 1 aromatic carbocycles. The van der Waals surface area contributed by atoms with Gasteiger partial charge in [0.15, 0.2) is 0 Å². The molecule has 1 N–H and O–H groups in total. The second-order valence-corrected chi connectivity index (χ2v) is 5.70. The number of benzene rings is 1. The van der Waals surface area contributed by atoms with Crippen molar-refractivity contribution in [2.45, 2.75) is 24.7 Å². The predicted octanol–water partition coefficient (Wildman–Crippen LogP) is 2.50. The lowest BCUT2D eigenvalue weighted by Gasteiger charge is -2.15. The highest BCUT2D eigenvalue weighted by Gasteiger charge is 2.08. The molecular weight excluding hydrogens is 286 g/mol. The highest BCUT2D eigenvalue weighted by molar-refractivity contribution is 7.99. The Balaban J connectivity index is 2.34. The Morgan fingerprint density at radius 1 is 1.33 bits per heavy atom. The molecule has 1 rings (SSSR count). The Kier molecular flexibility index (Phi) is 7.33. The first kappa shape index (κ1) is 17.1. The van der Waals surface area contributed by atoms with Gasteiger partial charge in [0, 0.05) is 43.3 Å². The summed E-state index contributed by atoms with van der Waals surface area (Å²) in [6.07, 6.45) is 0.806. The van der Waals surface area contributed by atoms with Crippen molar-refractivity contribution >= 4 is 29.3 Å². The van der Waals surface area contributed by atoms with Gasteiger partial charge < -0.3 is 10.2 Å². The minimum atomic E-state index is -0.0959. The summed E-state index contributed by atoms with van der Waals surface area (Å²) in [4.78, 5) is 25.3. The first-order valence-corrected chi connectivity index (χ1v) is 7.63. The van der Waals surface area contributed by atoms with Crippen molar-refractivity contribution < 1.29 is 9.59 Å². The zero-order valence-corrected chi connectivity index (χ0v) is 13.1. The van der Waals surface area contributed by atoms with Gasteiger partial charge in [0.2, 0.25) is 11.8 Å². The minimum Gasteiger partial charge on any atom is -0.345 e. The lowest BCUT2D eigenvalue weighted by atomic mass is 10.3. The molecule has 0 aliphatic carbocycles. The van der Waals surface area contributed by atoms with Crippen LogP contribution in [0, 0.1) is 11.3 Å². The van der Waals surface area contributed by atoms with Gasteiger partial charge in [-0.3, -0.25) is 9.59 Å². The molecule has 0 radical (unpaired) electrons. The molecule has 0 aliphatic rings. The molecule has 1 aromatic rings. The summed E-state index contributed by atoms with van der Waals surface area (Å²) in [6.45, 7) is 1.95. The van der Waals surface area contributed by atoms with E-state index >= 15 is 0 Å². The van der Waals surface area contributed by atoms with E-state index in [1.807, 2.05) is 30.3 Å². The van der Waals surface area contributed by atoms with Crippen molar-refractivity contribution in [1.82, 2.24) is 4.90 Å². The number of carbonyl (C=O) groups is 2. The summed E-state index contributed by atoms with van der Waals surface area (Å²) in [5.41, 5.74) is 0.763. The van der Waals surface area contributed by atoms with E-state index in [1.54, 1.807) is 23.7 Å². The summed E-state index contributed by atoms with van der Waals surface area (Å²) in [5, 5.41) is 11.2. The molecule has 6 heteroatoms. The van der Waals surface area contributed by atoms with Crippen LogP contribution < -0.4 is 5.32 Å². The van der Waals surface area contributed by atoms with E-state index in [2.05, 4.69) is 5.32 Å². The van der Waals surface area contributed by atoms with Crippen molar-refractivity contribution in [1.29, 1.82) is 5.26 Å². The monoisotopic (exact) mass is 305 g/mol. The number of nitrogens with one attached hydrogen (secondary N) is 1. The van der Waals surface area contributed by atoms with Crippen LogP contribution in [0.25, 0.3) is 0 Å². The van der Waals surface area contributed by atoms with E-state index in [0.717, 1.165) is 10.6 Å². The van der Waals surface area contributed by atoms with Gasteiger partial charge in [0.1, 0.15) is 0 Å². The lowest BCUT2D eigenvalue weighted by Crippen LogP contribution is -2.27. The van der Waals surface area contributed by atoms with Crippen LogP contribution in [0.5, 0.6) is 0 Å². The van der Waals surface area contributed by atoms with Gasteiger partial charge in [-0.15, -0.1) is 11.8 Å². The average Bonchev–Trinajstić information content (AvgIpc) is 2.45. The standard InChI is InChI=1S/C15H19N3O2S/c1-12(19)17-13-4-6-14(7-5-13)21-11-8-15(20)18(2)10-3-9-16/h4-7H,3,8,10-11H2,1-2H3,(H,17,19). The van der Waals surface area contributed by atoms with E-state index in [1.165, 1.54) is 6.92 Å². The van der Waals surface area contributed by atoms with Gasteiger partial charge in [0.25, 0.3) is 0 Å². The van der Waals surface area contributed by atoms with Crippen LogP contribution in [0.4, 0.5) is 5.69 Å². The van der Waals surface area contributed by atoms with Crippen LogP contribution in [-0.2, 0) is 9.59 Å². The van der Waals surface area contributed by atoms with E-state index in [9.17, 15) is 9.59 Å². The van der Waals surface area contributed by atoms with Crippen LogP contribution in [0.3, 0.4) is 0 Å². The number of rotatable bonds is 7. The largest absolute Gasteiger partial charge is 0.345 e. The SMILES string of the molecule is CC(=O)Nc1ccc(SCCC(=O)N(C)CCC#N)cc1. The fraction of sp³-hybridized carbons (Fsp3) is 0.400. The summed E-state index contributed by atoms with van der Waals surface area (Å²) >= 11 is 1.59. The number of carbonyl (C=O) groups excluding carboxylic acids is 2. The number of hydrogen-bond donors (Lipinski definition) is 1. The molecule has 0 saturated heterocycles. The molecule has 0 bridgehead atoms. The quantitative estimate of drug-likeness (QED) is 0.786.